The highest BCUT2D eigenvalue weighted by atomic mass is 35.5. The van der Waals surface area contributed by atoms with Crippen LogP contribution in [-0.2, 0) is 10.2 Å². The molecular weight excluding hydrogens is 400 g/mol. The summed E-state index contributed by atoms with van der Waals surface area (Å²) in [6, 6.07) is 9.59. The Morgan fingerprint density at radius 3 is 2.85 bits per heavy atom. The van der Waals surface area contributed by atoms with Gasteiger partial charge in [0.2, 0.25) is 0 Å². The molecule has 0 spiro atoms. The Labute approximate surface area is 169 Å². The SMILES string of the molecule is CSC1(c2ccc(C(=O)NC34CC3(c3nc5cc(Cl)ccc5s3)C4)o2)CC1. The number of furan rings is 1. The molecule has 2 heterocycles. The number of carbonyl (C=O) groups excluding carboxylic acids is 1. The molecule has 0 radical (unpaired) electrons. The number of nitrogens with zero attached hydrogens (tertiary/aromatic N) is 1. The van der Waals surface area contributed by atoms with E-state index in [-0.39, 0.29) is 21.6 Å². The highest BCUT2D eigenvalue weighted by Crippen LogP contribution is 2.79. The van der Waals surface area contributed by atoms with Crippen LogP contribution in [-0.4, -0.2) is 22.7 Å². The van der Waals surface area contributed by atoms with Crippen molar-refractivity contribution in [1.82, 2.24) is 10.3 Å². The normalized spacial score (nSPS) is 29.4. The summed E-state index contributed by atoms with van der Waals surface area (Å²) in [4.78, 5) is 17.5. The smallest absolute Gasteiger partial charge is 0.287 e. The first-order chi connectivity index (χ1) is 13.0. The zero-order chi connectivity index (χ0) is 18.4. The van der Waals surface area contributed by atoms with Gasteiger partial charge in [-0.15, -0.1) is 11.3 Å². The van der Waals surface area contributed by atoms with Crippen molar-refractivity contribution in [3.05, 3.63) is 51.9 Å². The summed E-state index contributed by atoms with van der Waals surface area (Å²) in [5.74, 6) is 1.24. The van der Waals surface area contributed by atoms with Crippen molar-refractivity contribution < 1.29 is 9.21 Å². The van der Waals surface area contributed by atoms with Crippen LogP contribution >= 0.6 is 34.7 Å². The molecule has 3 aliphatic carbocycles. The predicted octanol–water partition coefficient (Wildman–Crippen LogP) is 5.11. The fraction of sp³-hybridized carbons (Fsp3) is 0.400. The molecule has 7 heteroatoms. The standard InChI is InChI=1S/C20H17ClN2O2S2/c1-26-19(6-7-19)15-5-3-13(25-15)16(24)23-20-9-18(20,10-20)17-22-12-8-11(21)2-4-14(12)27-17/h2-5,8H,6-7,9-10H2,1H3,(H,23,24). The van der Waals surface area contributed by atoms with Gasteiger partial charge in [0.25, 0.3) is 5.91 Å². The first-order valence-corrected chi connectivity index (χ1v) is 11.5. The van der Waals surface area contributed by atoms with Gasteiger partial charge in [0, 0.05) is 10.4 Å². The number of benzene rings is 1. The molecule has 3 fully saturated rings. The number of hydrogen-bond acceptors (Lipinski definition) is 5. The van der Waals surface area contributed by atoms with Crippen LogP contribution in [0, 0.1) is 0 Å². The summed E-state index contributed by atoms with van der Waals surface area (Å²) >= 11 is 9.59. The minimum Gasteiger partial charge on any atom is -0.454 e. The van der Waals surface area contributed by atoms with E-state index in [9.17, 15) is 4.79 Å². The van der Waals surface area contributed by atoms with Crippen LogP contribution in [0.15, 0.2) is 34.7 Å². The van der Waals surface area contributed by atoms with Gasteiger partial charge in [-0.1, -0.05) is 11.6 Å². The molecule has 138 valence electrons. The number of amides is 1. The van der Waals surface area contributed by atoms with Gasteiger partial charge in [-0.3, -0.25) is 4.79 Å². The van der Waals surface area contributed by atoms with Gasteiger partial charge >= 0.3 is 0 Å². The number of thiazole rings is 1. The molecule has 0 saturated heterocycles. The molecule has 6 rings (SSSR count). The molecule has 4 nitrogen and oxygen atoms in total. The van der Waals surface area contributed by atoms with Crippen molar-refractivity contribution in [2.24, 2.45) is 0 Å². The van der Waals surface area contributed by atoms with E-state index < -0.39 is 0 Å². The Morgan fingerprint density at radius 2 is 2.11 bits per heavy atom. The van der Waals surface area contributed by atoms with Gasteiger partial charge in [-0.2, -0.15) is 11.8 Å². The van der Waals surface area contributed by atoms with E-state index in [1.807, 2.05) is 42.1 Å². The number of hydrogen-bond donors (Lipinski definition) is 1. The van der Waals surface area contributed by atoms with E-state index in [0.29, 0.717) is 10.8 Å². The number of fused-ring (bicyclic) bond motifs is 2. The van der Waals surface area contributed by atoms with Crippen molar-refractivity contribution in [1.29, 1.82) is 0 Å². The van der Waals surface area contributed by atoms with Gasteiger partial charge < -0.3 is 9.73 Å². The van der Waals surface area contributed by atoms with Gasteiger partial charge in [0.15, 0.2) is 5.76 Å². The molecule has 3 aliphatic rings. The molecule has 27 heavy (non-hydrogen) atoms. The summed E-state index contributed by atoms with van der Waals surface area (Å²) in [6.45, 7) is 0. The average Bonchev–Trinajstić information content (AvgIpc) is 3.54. The maximum Gasteiger partial charge on any atom is 0.287 e. The van der Waals surface area contributed by atoms with E-state index in [0.717, 1.165) is 46.7 Å². The van der Waals surface area contributed by atoms with Crippen LogP contribution < -0.4 is 5.32 Å². The first kappa shape index (κ1) is 16.5. The maximum absolute atomic E-state index is 12.7. The summed E-state index contributed by atoms with van der Waals surface area (Å²) in [5.41, 5.74) is 0.829. The van der Waals surface area contributed by atoms with Crippen LogP contribution in [0.5, 0.6) is 0 Å². The van der Waals surface area contributed by atoms with E-state index in [1.165, 1.54) is 0 Å². The Morgan fingerprint density at radius 1 is 1.30 bits per heavy atom. The number of nitrogens with one attached hydrogen (secondary N) is 1. The topological polar surface area (TPSA) is 55.1 Å². The molecular formula is C20H17ClN2O2S2. The second-order valence-electron chi connectivity index (χ2n) is 7.97. The third-order valence-electron chi connectivity index (χ3n) is 6.36. The van der Waals surface area contributed by atoms with E-state index >= 15 is 0 Å². The third kappa shape index (κ3) is 2.23. The Hall–Kier alpha value is -1.50. The fourth-order valence-electron chi connectivity index (χ4n) is 4.21. The Kier molecular flexibility index (Phi) is 3.11. The minimum atomic E-state index is -0.133. The molecule has 1 aromatic carbocycles. The number of thioether (sulfide) groups is 1. The van der Waals surface area contributed by atoms with Crippen molar-refractivity contribution in [2.45, 2.75) is 41.4 Å². The van der Waals surface area contributed by atoms with Crippen LogP contribution in [0.4, 0.5) is 0 Å². The maximum atomic E-state index is 12.7. The molecule has 0 aliphatic heterocycles. The Balaban J connectivity index is 1.21. The van der Waals surface area contributed by atoms with E-state index in [4.69, 9.17) is 21.0 Å². The third-order valence-corrected chi connectivity index (χ3v) is 9.23. The first-order valence-electron chi connectivity index (χ1n) is 9.04. The van der Waals surface area contributed by atoms with Crippen LogP contribution in [0.1, 0.15) is 47.0 Å². The van der Waals surface area contributed by atoms with Gasteiger partial charge in [0.05, 0.1) is 20.5 Å². The monoisotopic (exact) mass is 416 g/mol. The van der Waals surface area contributed by atoms with Gasteiger partial charge in [0.1, 0.15) is 10.8 Å². The van der Waals surface area contributed by atoms with Gasteiger partial charge in [-0.25, -0.2) is 4.98 Å². The molecule has 0 unspecified atom stereocenters. The molecule has 0 atom stereocenters. The summed E-state index contributed by atoms with van der Waals surface area (Å²) in [7, 11) is 0. The molecule has 2 aromatic heterocycles. The lowest BCUT2D eigenvalue weighted by Crippen LogP contribution is -2.30. The second-order valence-corrected chi connectivity index (χ2v) is 10.6. The van der Waals surface area contributed by atoms with Crippen LogP contribution in [0.3, 0.4) is 0 Å². The molecule has 1 amide bonds. The predicted molar refractivity (Wildman–Crippen MR) is 109 cm³/mol. The zero-order valence-corrected chi connectivity index (χ0v) is 17.1. The second kappa shape index (κ2) is 5.10. The zero-order valence-electron chi connectivity index (χ0n) is 14.7. The summed E-state index contributed by atoms with van der Waals surface area (Å²) < 4.78 is 7.14. The lowest BCUT2D eigenvalue weighted by molar-refractivity contribution is 0.0912. The molecule has 0 bridgehead atoms. The van der Waals surface area contributed by atoms with Crippen LogP contribution in [0.25, 0.3) is 10.2 Å². The molecule has 1 N–H and O–H groups in total. The number of carbonyl (C=O) groups is 1. The van der Waals surface area contributed by atoms with Crippen molar-refractivity contribution in [2.75, 3.05) is 6.26 Å². The van der Waals surface area contributed by atoms with E-state index in [2.05, 4.69) is 11.6 Å². The minimum absolute atomic E-state index is 0.0191. The molecule has 3 aromatic rings. The highest BCUT2D eigenvalue weighted by Gasteiger charge is 2.86. The largest absolute Gasteiger partial charge is 0.454 e. The van der Waals surface area contributed by atoms with E-state index in [1.54, 1.807) is 11.3 Å². The van der Waals surface area contributed by atoms with Crippen molar-refractivity contribution in [3.63, 3.8) is 0 Å². The lowest BCUT2D eigenvalue weighted by atomic mass is 10.2. The average molecular weight is 417 g/mol. The summed E-state index contributed by atoms with van der Waals surface area (Å²) in [6.07, 6.45) is 6.26. The molecule has 3 saturated carbocycles. The lowest BCUT2D eigenvalue weighted by Gasteiger charge is -2.08. The highest BCUT2D eigenvalue weighted by molar-refractivity contribution is 7.99. The number of rotatable bonds is 5. The number of halogens is 1. The quantitative estimate of drug-likeness (QED) is 0.628. The van der Waals surface area contributed by atoms with Crippen LogP contribution in [0.2, 0.25) is 5.02 Å². The summed E-state index contributed by atoms with van der Waals surface area (Å²) in [5, 5.41) is 5.03. The van der Waals surface area contributed by atoms with Gasteiger partial charge in [-0.05, 0) is 62.3 Å². The fourth-order valence-corrected chi connectivity index (χ4v) is 6.43. The Bertz CT molecular complexity index is 1110. The van der Waals surface area contributed by atoms with Crippen molar-refractivity contribution in [3.8, 4) is 0 Å². The number of aromatic nitrogens is 1. The van der Waals surface area contributed by atoms with Crippen molar-refractivity contribution >= 4 is 50.8 Å².